The van der Waals surface area contributed by atoms with Gasteiger partial charge in [-0.1, -0.05) is 18.2 Å². The summed E-state index contributed by atoms with van der Waals surface area (Å²) in [5.41, 5.74) is 0. The minimum Gasteiger partial charge on any atom is -1.00 e. The maximum Gasteiger partial charge on any atom is 1.00 e. The first-order valence-electron chi connectivity index (χ1n) is 2.29. The zero-order valence-electron chi connectivity index (χ0n) is 7.66. The Labute approximate surface area is 100 Å². The standard InChI is InChI=1S/C6H8O2.K.H/c1-2-3-4-5-6(7)8;;/h2-5H,1H3,(H,7,8);;/q;+1;-1/p+1/b3-2+,5-4+;;. The molecule has 0 amide bonds. The van der Waals surface area contributed by atoms with Crippen LogP contribution >= 0.6 is 0 Å². The van der Waals surface area contributed by atoms with Gasteiger partial charge in [-0.05, 0) is 6.92 Å². The Morgan fingerprint density at radius 2 is 2.22 bits per heavy atom. The zero-order valence-corrected chi connectivity index (χ0v) is 8.79. The number of aliphatic carboxylic acids is 1. The fourth-order valence-electron chi connectivity index (χ4n) is 0.249. The number of allylic oxidation sites excluding steroid dienone is 3. The van der Waals surface area contributed by atoms with Crippen molar-refractivity contribution >= 4 is 5.97 Å². The average molecular weight is 153 g/mol. The molecule has 0 atom stereocenters. The molecule has 0 radical (unpaired) electrons. The van der Waals surface area contributed by atoms with Crippen LogP contribution in [-0.2, 0) is 4.79 Å². The Morgan fingerprint density at radius 1 is 1.67 bits per heavy atom. The summed E-state index contributed by atoms with van der Waals surface area (Å²) in [6, 6.07) is 0. The summed E-state index contributed by atoms with van der Waals surface area (Å²) in [6.45, 7) is 1.83. The molecule has 1 N–H and O–H groups in total. The second kappa shape index (κ2) is 8.59. The predicted octanol–water partition coefficient (Wildman–Crippen LogP) is -1.57. The van der Waals surface area contributed by atoms with E-state index in [0.29, 0.717) is 0 Å². The van der Waals surface area contributed by atoms with Crippen LogP contribution < -0.4 is 51.4 Å². The fraction of sp³-hybridized carbons (Fsp3) is 0.167. The van der Waals surface area contributed by atoms with E-state index in [0.717, 1.165) is 6.08 Å². The number of carboxylic acids is 1. The monoisotopic (exact) mass is 153 g/mol. The molecule has 0 heterocycles. The molecule has 0 aromatic heterocycles. The van der Waals surface area contributed by atoms with Gasteiger partial charge in [-0.15, -0.1) is 0 Å². The van der Waals surface area contributed by atoms with E-state index in [-0.39, 0.29) is 54.2 Å². The summed E-state index contributed by atoms with van der Waals surface area (Å²) in [5.74, 6) is -0.914. The molecule has 2 nitrogen and oxygen atoms in total. The van der Waals surface area contributed by atoms with E-state index < -0.39 is 5.97 Å². The zero-order chi connectivity index (χ0) is 6.41. The van der Waals surface area contributed by atoms with E-state index in [1.54, 1.807) is 12.2 Å². The molecule has 3 heteroatoms. The van der Waals surface area contributed by atoms with Crippen LogP contribution in [0, 0.1) is 0 Å². The Kier molecular flexibility index (Phi) is 11.7. The van der Waals surface area contributed by atoms with Crippen LogP contribution in [0.1, 0.15) is 9.78 Å². The van der Waals surface area contributed by atoms with Gasteiger partial charge in [0.05, 0.1) is 0 Å². The Bertz CT molecular complexity index is 135. The third-order valence-electron chi connectivity index (χ3n) is 0.542. The van der Waals surface area contributed by atoms with Crippen LogP contribution in [0.5, 0.6) is 0 Å². The summed E-state index contributed by atoms with van der Waals surface area (Å²) >= 11 is 0. The van der Waals surface area contributed by atoms with Gasteiger partial charge in [0.2, 0.25) is 0 Å². The van der Waals surface area contributed by atoms with E-state index in [9.17, 15) is 4.79 Å². The summed E-state index contributed by atoms with van der Waals surface area (Å²) < 4.78 is 0. The molecule has 0 aliphatic heterocycles. The van der Waals surface area contributed by atoms with E-state index in [4.69, 9.17) is 5.11 Å². The molecule has 0 fully saturated rings. The van der Waals surface area contributed by atoms with Crippen LogP contribution in [0.3, 0.4) is 0 Å². The molecule has 0 aliphatic carbocycles. The van der Waals surface area contributed by atoms with Crippen LogP contribution in [0.15, 0.2) is 24.3 Å². The molecule has 0 rings (SSSR count). The number of carbonyl (C=O) groups is 1. The second-order valence-corrected chi connectivity index (χ2v) is 1.22. The van der Waals surface area contributed by atoms with Gasteiger partial charge in [-0.3, -0.25) is 0 Å². The number of carboxylic acid groups (broad SMARTS) is 1. The summed E-state index contributed by atoms with van der Waals surface area (Å²) in [5, 5.41) is 8.02. The first-order chi connectivity index (χ1) is 3.77. The smallest absolute Gasteiger partial charge is 1.00 e. The molecule has 9 heavy (non-hydrogen) atoms. The van der Waals surface area contributed by atoms with Gasteiger partial charge in [0.25, 0.3) is 0 Å². The minimum absolute atomic E-state index is 0. The summed E-state index contributed by atoms with van der Waals surface area (Å²) in [6.07, 6.45) is 5.98. The first-order valence-corrected chi connectivity index (χ1v) is 2.29. The second-order valence-electron chi connectivity index (χ2n) is 1.22. The Hall–Kier alpha value is 0.586. The van der Waals surface area contributed by atoms with Crippen molar-refractivity contribution in [2.75, 3.05) is 0 Å². The number of hydrogen-bond donors (Lipinski definition) is 1. The van der Waals surface area contributed by atoms with Crippen LogP contribution in [-0.4, -0.2) is 11.1 Å². The van der Waals surface area contributed by atoms with Crippen molar-refractivity contribution in [2.45, 2.75) is 6.92 Å². The van der Waals surface area contributed by atoms with Crippen LogP contribution in [0.4, 0.5) is 0 Å². The molecular weight excluding hydrogens is 143 g/mol. The fourth-order valence-corrected chi connectivity index (χ4v) is 0.249. The molecule has 0 aromatic carbocycles. The largest absolute Gasteiger partial charge is 1.00 e. The van der Waals surface area contributed by atoms with Gasteiger partial charge in [-0.2, -0.15) is 0 Å². The third-order valence-corrected chi connectivity index (χ3v) is 0.542. The molecule has 0 aliphatic rings. The molecule has 0 saturated carbocycles. The molecule has 0 unspecified atom stereocenters. The number of rotatable bonds is 2. The molecule has 46 valence electrons. The normalized spacial score (nSPS) is 9.89. The van der Waals surface area contributed by atoms with Crippen molar-refractivity contribution in [1.29, 1.82) is 0 Å². The molecule has 0 saturated heterocycles. The average Bonchev–Trinajstić information content (AvgIpc) is 1.66. The summed E-state index contributed by atoms with van der Waals surface area (Å²) in [4.78, 5) is 9.75. The van der Waals surface area contributed by atoms with Crippen molar-refractivity contribution in [3.05, 3.63) is 24.3 Å². The van der Waals surface area contributed by atoms with Gasteiger partial charge in [-0.25, -0.2) is 4.79 Å². The van der Waals surface area contributed by atoms with Gasteiger partial charge in [0.1, 0.15) is 0 Å². The first kappa shape index (κ1) is 12.3. The number of hydrogen-bond acceptors (Lipinski definition) is 1. The van der Waals surface area contributed by atoms with Crippen molar-refractivity contribution in [3.63, 3.8) is 0 Å². The van der Waals surface area contributed by atoms with Crippen LogP contribution in [0.25, 0.3) is 0 Å². The molecular formula is C6H10KO2+. The minimum atomic E-state index is -0.914. The van der Waals surface area contributed by atoms with E-state index in [1.165, 1.54) is 6.08 Å². The third kappa shape index (κ3) is 11.9. The molecule has 0 bridgehead atoms. The summed E-state index contributed by atoms with van der Waals surface area (Å²) in [7, 11) is 0. The van der Waals surface area contributed by atoms with E-state index in [2.05, 4.69) is 0 Å². The quantitative estimate of drug-likeness (QED) is 0.296. The van der Waals surface area contributed by atoms with Crippen molar-refractivity contribution in [2.24, 2.45) is 0 Å². The molecule has 0 aromatic rings. The molecule has 0 spiro atoms. The maximum absolute atomic E-state index is 9.75. The SMILES string of the molecule is C/C=C/C=C/C(=O)O.[H+].[H-].[K+]. The van der Waals surface area contributed by atoms with Crippen molar-refractivity contribution in [1.82, 2.24) is 0 Å². The van der Waals surface area contributed by atoms with Gasteiger partial charge >= 0.3 is 58.8 Å². The van der Waals surface area contributed by atoms with Gasteiger partial charge in [0, 0.05) is 6.08 Å². The van der Waals surface area contributed by atoms with Gasteiger partial charge in [0.15, 0.2) is 0 Å². The topological polar surface area (TPSA) is 37.3 Å². The van der Waals surface area contributed by atoms with Crippen molar-refractivity contribution in [3.8, 4) is 0 Å². The van der Waals surface area contributed by atoms with E-state index >= 15 is 0 Å². The van der Waals surface area contributed by atoms with Crippen LogP contribution in [0.2, 0.25) is 0 Å². The van der Waals surface area contributed by atoms with Gasteiger partial charge < -0.3 is 6.53 Å². The van der Waals surface area contributed by atoms with Crippen molar-refractivity contribution < 1.29 is 64.1 Å². The maximum atomic E-state index is 9.75. The predicted molar refractivity (Wildman–Crippen MR) is 33.8 cm³/mol. The van der Waals surface area contributed by atoms with E-state index in [1.807, 2.05) is 6.92 Å². The Morgan fingerprint density at radius 3 is 2.56 bits per heavy atom. The Balaban J connectivity index is -0.0000000817.